The molecule has 6 nitrogen and oxygen atoms in total. The van der Waals surface area contributed by atoms with Gasteiger partial charge in [0.05, 0.1) is 0 Å². The molecule has 25 heavy (non-hydrogen) atoms. The molecule has 0 saturated carbocycles. The number of nitrogens with one attached hydrogen (secondary N) is 1. The quantitative estimate of drug-likeness (QED) is 0.753. The van der Waals surface area contributed by atoms with Crippen LogP contribution in [0.5, 0.6) is 0 Å². The average molecular weight is 366 g/mol. The maximum atomic E-state index is 13.2. The minimum absolute atomic E-state index is 0.0691. The molecule has 144 valence electrons. The Labute approximate surface area is 144 Å². The summed E-state index contributed by atoms with van der Waals surface area (Å²) in [5.41, 5.74) is -2.95. The van der Waals surface area contributed by atoms with Crippen LogP contribution in [0.15, 0.2) is 0 Å². The number of hydrogen-bond acceptors (Lipinski definition) is 3. The first-order valence-corrected chi connectivity index (χ1v) is 8.20. The zero-order valence-corrected chi connectivity index (χ0v) is 14.8. The van der Waals surface area contributed by atoms with Crippen LogP contribution in [0.3, 0.4) is 0 Å². The number of carbonyl (C=O) groups excluding carboxylic acids is 2. The first kappa shape index (κ1) is 21.2. The number of carboxylic acid groups (broad SMARTS) is 1. The van der Waals surface area contributed by atoms with Gasteiger partial charge in [-0.15, -0.1) is 0 Å². The summed E-state index contributed by atoms with van der Waals surface area (Å²) in [4.78, 5) is 36.6. The molecule has 1 saturated heterocycles. The van der Waals surface area contributed by atoms with Gasteiger partial charge in [-0.2, -0.15) is 13.2 Å². The van der Waals surface area contributed by atoms with Crippen molar-refractivity contribution in [2.24, 2.45) is 17.3 Å². The summed E-state index contributed by atoms with van der Waals surface area (Å²) in [5, 5.41) is 11.6. The SMILES string of the molecule is CC(C)CC(=O)NC(C(=O)N1CCC(C(=O)O)(C(F)(F)F)C1)C(C)C. The predicted octanol–water partition coefficient (Wildman–Crippen LogP) is 2.04. The molecule has 1 heterocycles. The summed E-state index contributed by atoms with van der Waals surface area (Å²) in [5.74, 6) is -3.30. The van der Waals surface area contributed by atoms with Crippen molar-refractivity contribution in [2.45, 2.75) is 52.8 Å². The molecule has 9 heteroatoms. The van der Waals surface area contributed by atoms with Crippen LogP contribution < -0.4 is 5.32 Å². The van der Waals surface area contributed by atoms with Gasteiger partial charge in [0.1, 0.15) is 6.04 Å². The van der Waals surface area contributed by atoms with Gasteiger partial charge in [0.2, 0.25) is 11.8 Å². The molecule has 0 aliphatic carbocycles. The summed E-state index contributed by atoms with van der Waals surface area (Å²) in [6.07, 6.45) is -5.46. The van der Waals surface area contributed by atoms with Crippen molar-refractivity contribution < 1.29 is 32.7 Å². The van der Waals surface area contributed by atoms with Crippen LogP contribution in [0.2, 0.25) is 0 Å². The highest BCUT2D eigenvalue weighted by atomic mass is 19.4. The van der Waals surface area contributed by atoms with E-state index in [0.717, 1.165) is 4.90 Å². The molecular formula is C16H25F3N2O4. The highest BCUT2D eigenvalue weighted by Gasteiger charge is 2.64. The maximum absolute atomic E-state index is 13.2. The molecule has 1 aliphatic rings. The Balaban J connectivity index is 2.93. The molecule has 2 N–H and O–H groups in total. The summed E-state index contributed by atoms with van der Waals surface area (Å²) in [7, 11) is 0. The molecule has 1 fully saturated rings. The van der Waals surface area contributed by atoms with Gasteiger partial charge in [-0.1, -0.05) is 27.7 Å². The number of aliphatic carboxylic acids is 1. The highest BCUT2D eigenvalue weighted by Crippen LogP contribution is 2.45. The zero-order valence-electron chi connectivity index (χ0n) is 14.8. The number of carbonyl (C=O) groups is 3. The molecule has 2 amide bonds. The molecule has 1 rings (SSSR count). The normalized spacial score (nSPS) is 22.4. The molecule has 2 unspecified atom stereocenters. The lowest BCUT2D eigenvalue weighted by molar-refractivity contribution is -0.227. The number of likely N-dealkylation sites (tertiary alicyclic amines) is 1. The Morgan fingerprint density at radius 2 is 1.76 bits per heavy atom. The minimum Gasteiger partial charge on any atom is -0.481 e. The fourth-order valence-corrected chi connectivity index (χ4v) is 2.84. The van der Waals surface area contributed by atoms with Gasteiger partial charge < -0.3 is 15.3 Å². The van der Waals surface area contributed by atoms with Crippen LogP contribution in [0, 0.1) is 17.3 Å². The smallest absolute Gasteiger partial charge is 0.406 e. The maximum Gasteiger partial charge on any atom is 0.406 e. The minimum atomic E-state index is -4.96. The van der Waals surface area contributed by atoms with E-state index in [0.29, 0.717) is 0 Å². The monoisotopic (exact) mass is 366 g/mol. The Hall–Kier alpha value is -1.80. The second-order valence-electron chi connectivity index (χ2n) is 7.28. The summed E-state index contributed by atoms with van der Waals surface area (Å²) < 4.78 is 39.7. The topological polar surface area (TPSA) is 86.7 Å². The van der Waals surface area contributed by atoms with Crippen molar-refractivity contribution >= 4 is 17.8 Å². The number of rotatable bonds is 6. The molecule has 2 atom stereocenters. The largest absolute Gasteiger partial charge is 0.481 e. The van der Waals surface area contributed by atoms with Crippen molar-refractivity contribution in [2.75, 3.05) is 13.1 Å². The average Bonchev–Trinajstić information content (AvgIpc) is 2.89. The van der Waals surface area contributed by atoms with Crippen molar-refractivity contribution in [3.63, 3.8) is 0 Å². The fourth-order valence-electron chi connectivity index (χ4n) is 2.84. The van der Waals surface area contributed by atoms with Gasteiger partial charge in [-0.3, -0.25) is 14.4 Å². The summed E-state index contributed by atoms with van der Waals surface area (Å²) in [6, 6.07) is -0.982. The van der Waals surface area contributed by atoms with E-state index in [1.165, 1.54) is 0 Å². The van der Waals surface area contributed by atoms with Crippen molar-refractivity contribution in [3.05, 3.63) is 0 Å². The molecule has 0 aromatic rings. The lowest BCUT2D eigenvalue weighted by Crippen LogP contribution is -2.53. The molecular weight excluding hydrogens is 341 g/mol. The molecule has 0 spiro atoms. The van der Waals surface area contributed by atoms with E-state index in [1.807, 2.05) is 13.8 Å². The first-order valence-electron chi connectivity index (χ1n) is 8.20. The van der Waals surface area contributed by atoms with Crippen molar-refractivity contribution in [1.29, 1.82) is 0 Å². The van der Waals surface area contributed by atoms with Crippen molar-refractivity contribution in [1.82, 2.24) is 10.2 Å². The highest BCUT2D eigenvalue weighted by molar-refractivity contribution is 5.89. The van der Waals surface area contributed by atoms with E-state index in [2.05, 4.69) is 5.32 Å². The zero-order chi connectivity index (χ0) is 19.6. The van der Waals surface area contributed by atoms with Gasteiger partial charge in [0, 0.05) is 19.5 Å². The number of carboxylic acids is 1. The predicted molar refractivity (Wildman–Crippen MR) is 83.5 cm³/mol. The van der Waals surface area contributed by atoms with Gasteiger partial charge >= 0.3 is 12.1 Å². The Morgan fingerprint density at radius 1 is 1.20 bits per heavy atom. The number of alkyl halides is 3. The second kappa shape index (κ2) is 7.61. The third-order valence-corrected chi connectivity index (χ3v) is 4.38. The molecule has 0 bridgehead atoms. The third kappa shape index (κ3) is 4.64. The van der Waals surface area contributed by atoms with E-state index in [-0.39, 0.29) is 30.7 Å². The number of nitrogens with zero attached hydrogens (tertiary/aromatic N) is 1. The summed E-state index contributed by atoms with van der Waals surface area (Å²) in [6.45, 7) is 5.75. The third-order valence-electron chi connectivity index (χ3n) is 4.38. The van der Waals surface area contributed by atoms with E-state index >= 15 is 0 Å². The lowest BCUT2D eigenvalue weighted by Gasteiger charge is -2.30. The van der Waals surface area contributed by atoms with E-state index in [4.69, 9.17) is 5.11 Å². The standard InChI is InChI=1S/C16H25F3N2O4/c1-9(2)7-11(22)20-12(10(3)4)13(23)21-6-5-15(8-21,14(24)25)16(17,18)19/h9-10,12H,5-8H2,1-4H3,(H,20,22)(H,24,25). The number of halogens is 3. The first-order chi connectivity index (χ1) is 11.3. The van der Waals surface area contributed by atoms with E-state index in [9.17, 15) is 27.6 Å². The van der Waals surface area contributed by atoms with Gasteiger partial charge in [0.15, 0.2) is 5.41 Å². The van der Waals surface area contributed by atoms with Gasteiger partial charge in [-0.05, 0) is 18.3 Å². The van der Waals surface area contributed by atoms with Crippen LogP contribution in [0.4, 0.5) is 13.2 Å². The Bertz CT molecular complexity index is 534. The second-order valence-corrected chi connectivity index (χ2v) is 7.28. The van der Waals surface area contributed by atoms with Crippen LogP contribution >= 0.6 is 0 Å². The molecule has 0 aromatic heterocycles. The summed E-state index contributed by atoms with van der Waals surface area (Å²) >= 11 is 0. The molecule has 0 radical (unpaired) electrons. The molecule has 1 aliphatic heterocycles. The van der Waals surface area contributed by atoms with E-state index < -0.39 is 42.5 Å². The van der Waals surface area contributed by atoms with Crippen LogP contribution in [-0.2, 0) is 14.4 Å². The number of amides is 2. The van der Waals surface area contributed by atoms with Gasteiger partial charge in [-0.25, -0.2) is 0 Å². The van der Waals surface area contributed by atoms with Crippen LogP contribution in [0.25, 0.3) is 0 Å². The Kier molecular flexibility index (Phi) is 6.47. The van der Waals surface area contributed by atoms with Gasteiger partial charge in [0.25, 0.3) is 0 Å². The van der Waals surface area contributed by atoms with Crippen LogP contribution in [-0.4, -0.2) is 53.1 Å². The lowest BCUT2D eigenvalue weighted by atomic mass is 9.86. The molecule has 0 aromatic carbocycles. The van der Waals surface area contributed by atoms with Crippen LogP contribution in [0.1, 0.15) is 40.5 Å². The van der Waals surface area contributed by atoms with Crippen molar-refractivity contribution in [3.8, 4) is 0 Å². The number of hydrogen-bond donors (Lipinski definition) is 2. The fraction of sp³-hybridized carbons (Fsp3) is 0.812. The van der Waals surface area contributed by atoms with E-state index in [1.54, 1.807) is 13.8 Å². The Morgan fingerprint density at radius 3 is 2.12 bits per heavy atom.